The maximum absolute atomic E-state index is 13.1. The fraction of sp³-hybridized carbons (Fsp3) is 0.182. The molecular weight excluding hydrogens is 398 g/mol. The summed E-state index contributed by atoms with van der Waals surface area (Å²) in [6.07, 6.45) is 0.269. The van der Waals surface area contributed by atoms with Gasteiger partial charge in [-0.3, -0.25) is 18.9 Å². The predicted octanol–water partition coefficient (Wildman–Crippen LogP) is 1.98. The van der Waals surface area contributed by atoms with Crippen LogP contribution in [0.1, 0.15) is 17.5 Å². The van der Waals surface area contributed by atoms with Crippen molar-refractivity contribution in [3.63, 3.8) is 0 Å². The summed E-state index contributed by atoms with van der Waals surface area (Å²) >= 11 is 0. The Balaban J connectivity index is 1.88. The Bertz CT molecular complexity index is 1380. The van der Waals surface area contributed by atoms with Gasteiger partial charge in [0.2, 0.25) is 0 Å². The van der Waals surface area contributed by atoms with Crippen molar-refractivity contribution in [2.75, 3.05) is 6.61 Å². The first-order valence-corrected chi connectivity index (χ1v) is 9.67. The van der Waals surface area contributed by atoms with Crippen molar-refractivity contribution in [1.82, 2.24) is 19.1 Å². The van der Waals surface area contributed by atoms with Gasteiger partial charge in [-0.1, -0.05) is 36.4 Å². The molecule has 0 saturated heterocycles. The Kier molecular flexibility index (Phi) is 5.64. The summed E-state index contributed by atoms with van der Waals surface area (Å²) in [7, 11) is 0. The van der Waals surface area contributed by atoms with Crippen LogP contribution in [0.3, 0.4) is 0 Å². The highest BCUT2D eigenvalue weighted by Gasteiger charge is 2.20. The zero-order valence-corrected chi connectivity index (χ0v) is 16.5. The number of nitriles is 1. The lowest BCUT2D eigenvalue weighted by atomic mass is 10.2. The monoisotopic (exact) mass is 417 g/mol. The van der Waals surface area contributed by atoms with Gasteiger partial charge in [0, 0.05) is 13.2 Å². The molecule has 156 valence electrons. The minimum Gasteiger partial charge on any atom is -0.425 e. The normalized spacial score (nSPS) is 10.8. The van der Waals surface area contributed by atoms with E-state index in [1.54, 1.807) is 28.8 Å². The fourth-order valence-corrected chi connectivity index (χ4v) is 3.28. The summed E-state index contributed by atoms with van der Waals surface area (Å²) < 4.78 is 8.55. The van der Waals surface area contributed by atoms with Crippen molar-refractivity contribution in [3.8, 4) is 17.8 Å². The molecule has 4 aromatic rings. The van der Waals surface area contributed by atoms with E-state index in [4.69, 9.17) is 15.1 Å². The van der Waals surface area contributed by atoms with Gasteiger partial charge in [-0.2, -0.15) is 10.2 Å². The van der Waals surface area contributed by atoms with Crippen LogP contribution in [0.25, 0.3) is 11.2 Å². The van der Waals surface area contributed by atoms with Crippen LogP contribution >= 0.6 is 0 Å². The number of ether oxygens (including phenoxy) is 1. The molecule has 0 aliphatic carbocycles. The van der Waals surface area contributed by atoms with Gasteiger partial charge >= 0.3 is 11.7 Å². The average molecular weight is 417 g/mol. The number of nitrogens with one attached hydrogen (secondary N) is 1. The van der Waals surface area contributed by atoms with Crippen molar-refractivity contribution in [2.24, 2.45) is 0 Å². The topological polar surface area (TPSA) is 126 Å². The summed E-state index contributed by atoms with van der Waals surface area (Å²) in [6, 6.07) is 18.2. The molecule has 0 fully saturated rings. The van der Waals surface area contributed by atoms with Crippen LogP contribution < -0.4 is 16.0 Å². The van der Waals surface area contributed by atoms with E-state index >= 15 is 0 Å². The van der Waals surface area contributed by atoms with Gasteiger partial charge in [0.05, 0.1) is 18.2 Å². The third kappa shape index (κ3) is 4.10. The van der Waals surface area contributed by atoms with Gasteiger partial charge < -0.3 is 9.84 Å². The summed E-state index contributed by atoms with van der Waals surface area (Å²) in [4.78, 5) is 32.5. The highest BCUT2D eigenvalue weighted by atomic mass is 16.5. The van der Waals surface area contributed by atoms with Crippen molar-refractivity contribution in [1.29, 1.82) is 5.26 Å². The first kappa shape index (κ1) is 20.1. The number of aliphatic hydroxyl groups is 1. The van der Waals surface area contributed by atoms with E-state index in [1.807, 2.05) is 36.4 Å². The van der Waals surface area contributed by atoms with Gasteiger partial charge in [-0.15, -0.1) is 0 Å². The SMILES string of the molecule is N#Cc1cccc(Oc2nc3[nH]c(=O)n(CCCO)c(=O)c3n2Cc2ccccc2)c1. The molecule has 0 bridgehead atoms. The van der Waals surface area contributed by atoms with Crippen molar-refractivity contribution >= 4 is 11.2 Å². The number of rotatable bonds is 7. The molecule has 9 nitrogen and oxygen atoms in total. The van der Waals surface area contributed by atoms with Crippen molar-refractivity contribution in [2.45, 2.75) is 19.5 Å². The molecule has 31 heavy (non-hydrogen) atoms. The maximum atomic E-state index is 13.1. The Morgan fingerprint density at radius 3 is 2.65 bits per heavy atom. The second-order valence-electron chi connectivity index (χ2n) is 6.87. The molecule has 2 heterocycles. The number of aliphatic hydroxyl groups excluding tert-OH is 1. The summed E-state index contributed by atoms with van der Waals surface area (Å²) in [5, 5.41) is 18.2. The number of aromatic amines is 1. The van der Waals surface area contributed by atoms with Crippen molar-refractivity contribution in [3.05, 3.63) is 86.6 Å². The molecule has 2 aromatic carbocycles. The molecular formula is C22H19N5O4. The smallest absolute Gasteiger partial charge is 0.330 e. The molecule has 0 aliphatic rings. The molecule has 9 heteroatoms. The summed E-state index contributed by atoms with van der Waals surface area (Å²) in [5.41, 5.74) is 0.503. The first-order valence-electron chi connectivity index (χ1n) is 9.67. The quantitative estimate of drug-likeness (QED) is 0.474. The predicted molar refractivity (Wildman–Crippen MR) is 113 cm³/mol. The summed E-state index contributed by atoms with van der Waals surface area (Å²) in [5.74, 6) is 0.381. The number of H-pyrrole nitrogens is 1. The Hall–Kier alpha value is -4.16. The molecule has 0 atom stereocenters. The molecule has 0 aliphatic heterocycles. The van der Waals surface area contributed by atoms with Crippen molar-refractivity contribution < 1.29 is 9.84 Å². The molecule has 0 radical (unpaired) electrons. The van der Waals surface area contributed by atoms with Crippen LogP contribution in [-0.2, 0) is 13.1 Å². The molecule has 0 spiro atoms. The van der Waals surface area contributed by atoms with Gasteiger partial charge in [0.15, 0.2) is 11.2 Å². The number of fused-ring (bicyclic) bond motifs is 1. The fourth-order valence-electron chi connectivity index (χ4n) is 3.28. The number of hydrogen-bond donors (Lipinski definition) is 2. The van der Waals surface area contributed by atoms with E-state index in [1.165, 1.54) is 0 Å². The average Bonchev–Trinajstić information content (AvgIpc) is 3.11. The van der Waals surface area contributed by atoms with E-state index in [-0.39, 0.29) is 43.3 Å². The number of imidazole rings is 1. The van der Waals surface area contributed by atoms with Gasteiger partial charge in [-0.25, -0.2) is 4.79 Å². The van der Waals surface area contributed by atoms with Crippen LogP contribution in [-0.4, -0.2) is 30.8 Å². The zero-order chi connectivity index (χ0) is 21.8. The molecule has 2 N–H and O–H groups in total. The number of hydrogen-bond acceptors (Lipinski definition) is 6. The first-order chi connectivity index (χ1) is 15.1. The van der Waals surface area contributed by atoms with Gasteiger partial charge in [0.1, 0.15) is 5.75 Å². The number of nitrogens with zero attached hydrogens (tertiary/aromatic N) is 4. The van der Waals surface area contributed by atoms with E-state index in [2.05, 4.69) is 9.97 Å². The van der Waals surface area contributed by atoms with E-state index in [0.29, 0.717) is 11.3 Å². The summed E-state index contributed by atoms with van der Waals surface area (Å²) in [6.45, 7) is 0.222. The minimum atomic E-state index is -0.603. The van der Waals surface area contributed by atoms with E-state index in [0.717, 1.165) is 10.1 Å². The molecule has 4 rings (SSSR count). The second-order valence-corrected chi connectivity index (χ2v) is 6.87. The second kappa shape index (κ2) is 8.69. The highest BCUT2D eigenvalue weighted by molar-refractivity contribution is 5.71. The number of aromatic nitrogens is 4. The largest absolute Gasteiger partial charge is 0.425 e. The van der Waals surface area contributed by atoms with Crippen LogP contribution in [0.15, 0.2) is 64.2 Å². The minimum absolute atomic E-state index is 0.0809. The maximum Gasteiger partial charge on any atom is 0.330 e. The third-order valence-corrected chi connectivity index (χ3v) is 4.75. The Labute approximate surface area is 176 Å². The van der Waals surface area contributed by atoms with Crippen LogP contribution in [0.5, 0.6) is 11.8 Å². The van der Waals surface area contributed by atoms with Crippen LogP contribution in [0, 0.1) is 11.3 Å². The lowest BCUT2D eigenvalue weighted by Crippen LogP contribution is -2.36. The zero-order valence-electron chi connectivity index (χ0n) is 16.5. The Morgan fingerprint density at radius 2 is 1.90 bits per heavy atom. The lowest BCUT2D eigenvalue weighted by molar-refractivity contribution is 0.278. The number of benzene rings is 2. The molecule has 2 aromatic heterocycles. The third-order valence-electron chi connectivity index (χ3n) is 4.75. The lowest BCUT2D eigenvalue weighted by Gasteiger charge is -2.10. The van der Waals surface area contributed by atoms with Crippen LogP contribution in [0.4, 0.5) is 0 Å². The molecule has 0 saturated carbocycles. The van der Waals surface area contributed by atoms with E-state index in [9.17, 15) is 9.59 Å². The van der Waals surface area contributed by atoms with E-state index < -0.39 is 11.2 Å². The highest BCUT2D eigenvalue weighted by Crippen LogP contribution is 2.25. The van der Waals surface area contributed by atoms with Gasteiger partial charge in [-0.05, 0) is 30.2 Å². The molecule has 0 unspecified atom stereocenters. The standard InChI is InChI=1S/C22H19N5O4/c23-13-16-8-4-9-17(12-16)31-22-25-19-18(27(22)14-15-6-2-1-3-7-15)20(29)26(10-5-11-28)21(30)24-19/h1-4,6-9,12,28H,5,10-11,14H2,(H,24,30). The van der Waals surface area contributed by atoms with Gasteiger partial charge in [0.25, 0.3) is 5.56 Å². The Morgan fingerprint density at radius 1 is 1.10 bits per heavy atom. The van der Waals surface area contributed by atoms with Crippen LogP contribution in [0.2, 0.25) is 0 Å². The molecule has 0 amide bonds.